The summed E-state index contributed by atoms with van der Waals surface area (Å²) in [5, 5.41) is 8.81. The van der Waals surface area contributed by atoms with Gasteiger partial charge in [0.05, 0.1) is 6.61 Å². The van der Waals surface area contributed by atoms with Gasteiger partial charge in [-0.3, -0.25) is 0 Å². The molecule has 0 spiro atoms. The Bertz CT molecular complexity index is 259. The van der Waals surface area contributed by atoms with Gasteiger partial charge in [0.1, 0.15) is 12.4 Å². The van der Waals surface area contributed by atoms with Crippen LogP contribution in [-0.4, -0.2) is 24.6 Å². The Kier molecular flexibility index (Phi) is 5.21. The van der Waals surface area contributed by atoms with E-state index in [0.29, 0.717) is 13.2 Å². The highest BCUT2D eigenvalue weighted by Gasteiger charge is 1.96. The van der Waals surface area contributed by atoms with Gasteiger partial charge in [-0.2, -0.15) is 0 Å². The number of rotatable bonds is 5. The van der Waals surface area contributed by atoms with Crippen molar-refractivity contribution in [2.75, 3.05) is 13.2 Å². The van der Waals surface area contributed by atoms with Gasteiger partial charge in [0.25, 0.3) is 0 Å². The highest BCUT2D eigenvalue weighted by Crippen LogP contribution is 2.13. The van der Waals surface area contributed by atoms with Crippen LogP contribution in [0.15, 0.2) is 24.3 Å². The number of benzene rings is 1. The first-order valence-corrected chi connectivity index (χ1v) is 5.44. The first-order chi connectivity index (χ1) is 6.68. The lowest BCUT2D eigenvalue weighted by Gasteiger charge is -2.08. The molecular weight excluding hydrogens is 295 g/mol. The normalized spacial score (nSPS) is 12.5. The minimum atomic E-state index is -0.727. The van der Waals surface area contributed by atoms with E-state index in [2.05, 4.69) is 22.6 Å². The van der Waals surface area contributed by atoms with Crippen LogP contribution < -0.4 is 4.74 Å². The van der Waals surface area contributed by atoms with E-state index in [1.54, 1.807) is 6.92 Å². The number of hydrogen-bond acceptors (Lipinski definition) is 3. The molecule has 3 nitrogen and oxygen atoms in total. The second-order valence-electron chi connectivity index (χ2n) is 2.77. The maximum atomic E-state index is 8.81. The summed E-state index contributed by atoms with van der Waals surface area (Å²) in [6.07, 6.45) is -0.727. The van der Waals surface area contributed by atoms with E-state index in [1.165, 1.54) is 3.57 Å². The van der Waals surface area contributed by atoms with Crippen LogP contribution in [0, 0.1) is 3.57 Å². The van der Waals surface area contributed by atoms with E-state index in [-0.39, 0.29) is 0 Å². The molecular formula is C10H13IO3. The fourth-order valence-corrected chi connectivity index (χ4v) is 1.27. The summed E-state index contributed by atoms with van der Waals surface area (Å²) in [7, 11) is 0. The summed E-state index contributed by atoms with van der Waals surface area (Å²) in [5.41, 5.74) is 0. The van der Waals surface area contributed by atoms with Crippen molar-refractivity contribution >= 4 is 22.6 Å². The van der Waals surface area contributed by atoms with Gasteiger partial charge in [-0.05, 0) is 53.8 Å². The number of aliphatic hydroxyl groups excluding tert-OH is 1. The Morgan fingerprint density at radius 3 is 2.50 bits per heavy atom. The quantitative estimate of drug-likeness (QED) is 0.514. The third-order valence-corrected chi connectivity index (χ3v) is 2.24. The molecule has 1 aromatic carbocycles. The van der Waals surface area contributed by atoms with E-state index >= 15 is 0 Å². The smallest absolute Gasteiger partial charge is 0.151 e. The van der Waals surface area contributed by atoms with Gasteiger partial charge < -0.3 is 14.6 Å². The summed E-state index contributed by atoms with van der Waals surface area (Å²) in [6.45, 7) is 2.42. The van der Waals surface area contributed by atoms with Crippen molar-refractivity contribution in [3.8, 4) is 5.75 Å². The van der Waals surface area contributed by atoms with Gasteiger partial charge in [0.2, 0.25) is 0 Å². The monoisotopic (exact) mass is 308 g/mol. The predicted octanol–water partition coefficient (Wildman–Crippen LogP) is 2.02. The topological polar surface area (TPSA) is 38.7 Å². The van der Waals surface area contributed by atoms with E-state index in [1.807, 2.05) is 24.3 Å². The highest BCUT2D eigenvalue weighted by molar-refractivity contribution is 14.1. The van der Waals surface area contributed by atoms with E-state index in [4.69, 9.17) is 14.6 Å². The van der Waals surface area contributed by atoms with Crippen molar-refractivity contribution in [2.45, 2.75) is 13.2 Å². The van der Waals surface area contributed by atoms with Gasteiger partial charge in [0.15, 0.2) is 6.29 Å². The van der Waals surface area contributed by atoms with Crippen molar-refractivity contribution in [3.05, 3.63) is 27.8 Å². The zero-order valence-corrected chi connectivity index (χ0v) is 10.1. The minimum absolute atomic E-state index is 0.393. The number of ether oxygens (including phenoxy) is 2. The van der Waals surface area contributed by atoms with Crippen molar-refractivity contribution < 1.29 is 14.6 Å². The van der Waals surface area contributed by atoms with Crippen molar-refractivity contribution in [3.63, 3.8) is 0 Å². The molecule has 0 aromatic heterocycles. The molecule has 1 aromatic rings. The predicted molar refractivity (Wildman–Crippen MR) is 62.3 cm³/mol. The lowest BCUT2D eigenvalue weighted by atomic mass is 10.3. The van der Waals surface area contributed by atoms with Crippen LogP contribution in [0.5, 0.6) is 5.75 Å². The van der Waals surface area contributed by atoms with Gasteiger partial charge in [0, 0.05) is 3.57 Å². The Morgan fingerprint density at radius 2 is 1.93 bits per heavy atom. The largest absolute Gasteiger partial charge is 0.491 e. The van der Waals surface area contributed by atoms with Crippen molar-refractivity contribution in [2.24, 2.45) is 0 Å². The molecule has 0 fully saturated rings. The molecule has 0 heterocycles. The second-order valence-corrected chi connectivity index (χ2v) is 4.02. The number of halogens is 1. The molecule has 14 heavy (non-hydrogen) atoms. The van der Waals surface area contributed by atoms with Gasteiger partial charge in [-0.15, -0.1) is 0 Å². The van der Waals surface area contributed by atoms with Crippen LogP contribution in [0.1, 0.15) is 6.92 Å². The molecule has 1 atom stereocenters. The molecule has 0 aliphatic rings. The molecule has 4 heteroatoms. The van der Waals surface area contributed by atoms with Crippen LogP contribution in [0.25, 0.3) is 0 Å². The lowest BCUT2D eigenvalue weighted by Crippen LogP contribution is -2.13. The first kappa shape index (κ1) is 11.7. The molecule has 1 rings (SSSR count). The summed E-state index contributed by atoms with van der Waals surface area (Å²) in [4.78, 5) is 0. The summed E-state index contributed by atoms with van der Waals surface area (Å²) in [5.74, 6) is 0.819. The molecule has 78 valence electrons. The highest BCUT2D eigenvalue weighted by atomic mass is 127. The van der Waals surface area contributed by atoms with E-state index in [9.17, 15) is 0 Å². The Balaban J connectivity index is 2.21. The van der Waals surface area contributed by atoms with Gasteiger partial charge >= 0.3 is 0 Å². The number of hydrogen-bond donors (Lipinski definition) is 1. The Labute approximate surface area is 97.2 Å². The molecule has 0 saturated carbocycles. The SMILES string of the molecule is CC(O)OCCOc1ccc(I)cc1. The molecule has 0 aliphatic carbocycles. The zero-order valence-electron chi connectivity index (χ0n) is 7.94. The Hall–Kier alpha value is -0.330. The summed E-state index contributed by atoms with van der Waals surface area (Å²) in [6, 6.07) is 7.77. The standard InChI is InChI=1S/C10H13IO3/c1-8(12)13-6-7-14-10-4-2-9(11)3-5-10/h2-5,8,12H,6-7H2,1H3. The van der Waals surface area contributed by atoms with Crippen LogP contribution in [0.2, 0.25) is 0 Å². The average Bonchev–Trinajstić information content (AvgIpc) is 2.15. The fraction of sp³-hybridized carbons (Fsp3) is 0.400. The molecule has 0 radical (unpaired) electrons. The van der Waals surface area contributed by atoms with Crippen LogP contribution in [0.4, 0.5) is 0 Å². The summed E-state index contributed by atoms with van der Waals surface area (Å²) < 4.78 is 11.5. The third kappa shape index (κ3) is 4.78. The second kappa shape index (κ2) is 6.21. The van der Waals surface area contributed by atoms with E-state index in [0.717, 1.165) is 5.75 Å². The fourth-order valence-electron chi connectivity index (χ4n) is 0.909. The molecule has 0 bridgehead atoms. The molecule has 0 amide bonds. The number of aliphatic hydroxyl groups is 1. The molecule has 0 saturated heterocycles. The van der Waals surface area contributed by atoms with E-state index < -0.39 is 6.29 Å². The Morgan fingerprint density at radius 1 is 1.29 bits per heavy atom. The zero-order chi connectivity index (χ0) is 10.4. The first-order valence-electron chi connectivity index (χ1n) is 4.36. The molecule has 0 aliphatic heterocycles. The maximum absolute atomic E-state index is 8.81. The van der Waals surface area contributed by atoms with Crippen LogP contribution in [-0.2, 0) is 4.74 Å². The van der Waals surface area contributed by atoms with Crippen LogP contribution in [0.3, 0.4) is 0 Å². The minimum Gasteiger partial charge on any atom is -0.491 e. The van der Waals surface area contributed by atoms with Crippen molar-refractivity contribution in [1.29, 1.82) is 0 Å². The lowest BCUT2D eigenvalue weighted by molar-refractivity contribution is -0.0913. The average molecular weight is 308 g/mol. The van der Waals surface area contributed by atoms with Crippen LogP contribution >= 0.6 is 22.6 Å². The molecule has 1 unspecified atom stereocenters. The van der Waals surface area contributed by atoms with Crippen molar-refractivity contribution in [1.82, 2.24) is 0 Å². The summed E-state index contributed by atoms with van der Waals surface area (Å²) >= 11 is 2.24. The molecule has 1 N–H and O–H groups in total. The third-order valence-electron chi connectivity index (χ3n) is 1.52. The maximum Gasteiger partial charge on any atom is 0.151 e. The van der Waals surface area contributed by atoms with Gasteiger partial charge in [-0.1, -0.05) is 0 Å². The van der Waals surface area contributed by atoms with Gasteiger partial charge in [-0.25, -0.2) is 0 Å².